The second kappa shape index (κ2) is 8.69. The molecule has 0 aromatic heterocycles. The van der Waals surface area contributed by atoms with Gasteiger partial charge < -0.3 is 0 Å². The van der Waals surface area contributed by atoms with Crippen molar-refractivity contribution in [2.24, 2.45) is 5.92 Å². The van der Waals surface area contributed by atoms with Gasteiger partial charge in [0.1, 0.15) is 0 Å². The molecule has 154 valence electrons. The number of hydrazine groups is 1. The summed E-state index contributed by atoms with van der Waals surface area (Å²) in [6.07, 6.45) is 0. The molecule has 0 aliphatic rings. The number of rotatable bonds is 6. The summed E-state index contributed by atoms with van der Waals surface area (Å²) in [6.45, 7) is 4.85. The third-order valence-corrected chi connectivity index (χ3v) is 5.29. The molecule has 2 amide bonds. The molecule has 0 heterocycles. The van der Waals surface area contributed by atoms with E-state index in [4.69, 9.17) is 0 Å². The van der Waals surface area contributed by atoms with Gasteiger partial charge in [0.15, 0.2) is 0 Å². The molecule has 0 atom stereocenters. The Morgan fingerprint density at radius 2 is 1.66 bits per heavy atom. The highest BCUT2D eigenvalue weighted by Gasteiger charge is 2.20. The molecule has 0 aliphatic carbocycles. The van der Waals surface area contributed by atoms with Gasteiger partial charge in [0.25, 0.3) is 21.6 Å². The van der Waals surface area contributed by atoms with Crippen LogP contribution in [0.3, 0.4) is 0 Å². The molecule has 0 radical (unpaired) electrons. The minimum absolute atomic E-state index is 0.163. The number of nitro groups is 1. The van der Waals surface area contributed by atoms with E-state index in [0.29, 0.717) is 5.56 Å². The molecule has 11 heteroatoms. The molecule has 0 bridgehead atoms. The van der Waals surface area contributed by atoms with Crippen molar-refractivity contribution in [2.75, 3.05) is 4.72 Å². The lowest BCUT2D eigenvalue weighted by Crippen LogP contribution is -2.43. The van der Waals surface area contributed by atoms with Crippen molar-refractivity contribution in [2.45, 2.75) is 25.7 Å². The largest absolute Gasteiger partial charge is 0.280 e. The van der Waals surface area contributed by atoms with E-state index in [2.05, 4.69) is 15.6 Å². The first-order valence-electron chi connectivity index (χ1n) is 8.49. The van der Waals surface area contributed by atoms with Crippen LogP contribution in [0.5, 0.6) is 0 Å². The van der Waals surface area contributed by atoms with Gasteiger partial charge >= 0.3 is 0 Å². The zero-order valence-electron chi connectivity index (χ0n) is 15.9. The molecular weight excluding hydrogens is 400 g/mol. The number of amides is 2. The van der Waals surface area contributed by atoms with E-state index in [1.807, 2.05) is 0 Å². The van der Waals surface area contributed by atoms with Crippen molar-refractivity contribution in [1.82, 2.24) is 10.9 Å². The molecule has 2 rings (SSSR count). The minimum atomic E-state index is -4.06. The molecule has 10 nitrogen and oxygen atoms in total. The number of benzene rings is 2. The fourth-order valence-electron chi connectivity index (χ4n) is 2.19. The second-order valence-corrected chi connectivity index (χ2v) is 8.17. The maximum atomic E-state index is 12.5. The van der Waals surface area contributed by atoms with Crippen LogP contribution < -0.4 is 15.6 Å². The average molecular weight is 420 g/mol. The molecule has 0 unspecified atom stereocenters. The van der Waals surface area contributed by atoms with Gasteiger partial charge in [-0.15, -0.1) is 0 Å². The summed E-state index contributed by atoms with van der Waals surface area (Å²) in [6, 6.07) is 9.06. The zero-order chi connectivity index (χ0) is 21.8. The van der Waals surface area contributed by atoms with Crippen molar-refractivity contribution in [1.29, 1.82) is 0 Å². The Balaban J connectivity index is 2.12. The predicted molar refractivity (Wildman–Crippen MR) is 106 cm³/mol. The Hall–Kier alpha value is -3.47. The maximum Gasteiger partial charge on any atom is 0.273 e. The van der Waals surface area contributed by atoms with Crippen molar-refractivity contribution >= 4 is 33.2 Å². The molecule has 0 spiro atoms. The number of nitrogens with zero attached hydrogens (tertiary/aromatic N) is 1. The van der Waals surface area contributed by atoms with E-state index in [1.54, 1.807) is 13.8 Å². The van der Waals surface area contributed by atoms with Crippen LogP contribution in [0.1, 0.15) is 29.8 Å². The quantitative estimate of drug-likeness (QED) is 0.482. The Kier molecular flexibility index (Phi) is 6.54. The van der Waals surface area contributed by atoms with E-state index < -0.39 is 20.9 Å². The van der Waals surface area contributed by atoms with Crippen LogP contribution in [0.4, 0.5) is 11.4 Å². The Morgan fingerprint density at radius 3 is 2.21 bits per heavy atom. The summed E-state index contributed by atoms with van der Waals surface area (Å²) in [5.74, 6) is -1.22. The number of nitro benzene ring substituents is 1. The van der Waals surface area contributed by atoms with Crippen LogP contribution in [0, 0.1) is 23.0 Å². The summed E-state index contributed by atoms with van der Waals surface area (Å²) in [5.41, 5.74) is 4.92. The molecule has 0 saturated carbocycles. The van der Waals surface area contributed by atoms with Gasteiger partial charge in [0.05, 0.1) is 9.82 Å². The third-order valence-electron chi connectivity index (χ3n) is 3.91. The van der Waals surface area contributed by atoms with Crippen LogP contribution in [0.25, 0.3) is 0 Å². The highest BCUT2D eigenvalue weighted by Crippen LogP contribution is 2.24. The Morgan fingerprint density at radius 1 is 1.03 bits per heavy atom. The number of carbonyl (C=O) groups is 2. The summed E-state index contributed by atoms with van der Waals surface area (Å²) in [7, 11) is -4.06. The molecule has 2 aromatic carbocycles. The molecule has 29 heavy (non-hydrogen) atoms. The highest BCUT2D eigenvalue weighted by atomic mass is 32.2. The van der Waals surface area contributed by atoms with Crippen LogP contribution >= 0.6 is 0 Å². The van der Waals surface area contributed by atoms with E-state index in [9.17, 15) is 28.1 Å². The topological polar surface area (TPSA) is 148 Å². The van der Waals surface area contributed by atoms with Crippen molar-refractivity contribution in [3.8, 4) is 0 Å². The lowest BCUT2D eigenvalue weighted by molar-refractivity contribution is -0.385. The van der Waals surface area contributed by atoms with E-state index in [0.717, 1.165) is 6.07 Å². The lowest BCUT2D eigenvalue weighted by atomic mass is 10.2. The molecule has 0 aliphatic heterocycles. The fourth-order valence-corrected chi connectivity index (χ4v) is 3.27. The van der Waals surface area contributed by atoms with Crippen LogP contribution in [-0.2, 0) is 14.8 Å². The van der Waals surface area contributed by atoms with Crippen LogP contribution in [0.15, 0.2) is 47.4 Å². The smallest absolute Gasteiger partial charge is 0.273 e. The predicted octanol–water partition coefficient (Wildman–Crippen LogP) is 2.12. The van der Waals surface area contributed by atoms with Gasteiger partial charge in [-0.1, -0.05) is 19.9 Å². The minimum Gasteiger partial charge on any atom is -0.280 e. The standard InChI is InChI=1S/C18H20N4O6S/c1-11(2)17(23)19-20-18(24)13-5-7-14(8-6-13)21-29(27,28)15-9-4-12(3)16(10-15)22(25)26/h4-11,21H,1-3H3,(H,19,23)(H,20,24). The number of hydrogen-bond donors (Lipinski definition) is 3. The third kappa shape index (κ3) is 5.51. The summed E-state index contributed by atoms with van der Waals surface area (Å²) >= 11 is 0. The summed E-state index contributed by atoms with van der Waals surface area (Å²) in [5, 5.41) is 11.0. The molecular formula is C18H20N4O6S. The molecule has 3 N–H and O–H groups in total. The number of sulfonamides is 1. The van der Waals surface area contributed by atoms with Gasteiger partial charge in [-0.3, -0.25) is 35.3 Å². The van der Waals surface area contributed by atoms with E-state index in [-0.39, 0.29) is 33.7 Å². The van der Waals surface area contributed by atoms with E-state index in [1.165, 1.54) is 43.3 Å². The second-order valence-electron chi connectivity index (χ2n) is 6.49. The monoisotopic (exact) mass is 420 g/mol. The van der Waals surface area contributed by atoms with Gasteiger partial charge in [0.2, 0.25) is 5.91 Å². The molecule has 0 fully saturated rings. The normalized spacial score (nSPS) is 11.0. The SMILES string of the molecule is Cc1ccc(S(=O)(=O)Nc2ccc(C(=O)NNC(=O)C(C)C)cc2)cc1[N+](=O)[O-]. The Bertz CT molecular complexity index is 1050. The van der Waals surface area contributed by atoms with Crippen molar-refractivity contribution < 1.29 is 22.9 Å². The molecule has 2 aromatic rings. The number of hydrogen-bond acceptors (Lipinski definition) is 6. The van der Waals surface area contributed by atoms with Gasteiger partial charge in [-0.25, -0.2) is 8.42 Å². The first-order valence-corrected chi connectivity index (χ1v) is 9.97. The van der Waals surface area contributed by atoms with Crippen LogP contribution in [0.2, 0.25) is 0 Å². The van der Waals surface area contributed by atoms with E-state index >= 15 is 0 Å². The first kappa shape index (κ1) is 21.8. The van der Waals surface area contributed by atoms with Gasteiger partial charge in [0, 0.05) is 28.8 Å². The average Bonchev–Trinajstić information content (AvgIpc) is 2.65. The zero-order valence-corrected chi connectivity index (χ0v) is 16.7. The van der Waals surface area contributed by atoms with Crippen molar-refractivity contribution in [3.05, 3.63) is 63.7 Å². The summed E-state index contributed by atoms with van der Waals surface area (Å²) < 4.78 is 27.3. The number of nitrogens with one attached hydrogen (secondary N) is 3. The first-order chi connectivity index (χ1) is 13.5. The lowest BCUT2D eigenvalue weighted by Gasteiger charge is -2.11. The number of anilines is 1. The number of aryl methyl sites for hydroxylation is 1. The van der Waals surface area contributed by atoms with Gasteiger partial charge in [-0.05, 0) is 37.3 Å². The fraction of sp³-hybridized carbons (Fsp3) is 0.222. The maximum absolute atomic E-state index is 12.5. The van der Waals surface area contributed by atoms with Crippen LogP contribution in [-0.4, -0.2) is 25.2 Å². The summed E-state index contributed by atoms with van der Waals surface area (Å²) in [4.78, 5) is 33.6. The molecule has 0 saturated heterocycles. The number of carbonyl (C=O) groups excluding carboxylic acids is 2. The van der Waals surface area contributed by atoms with Gasteiger partial charge in [-0.2, -0.15) is 0 Å². The van der Waals surface area contributed by atoms with Crippen molar-refractivity contribution in [3.63, 3.8) is 0 Å². The Labute approximate surface area is 167 Å². The highest BCUT2D eigenvalue weighted by molar-refractivity contribution is 7.92.